The third kappa shape index (κ3) is 9.14. The number of nitrogens with zero attached hydrogens (tertiary/aromatic N) is 1. The monoisotopic (exact) mass is 129 g/mol. The highest BCUT2D eigenvalue weighted by Gasteiger charge is 1.64. The SMILES string of the molecule is Cl.NC(N)=NCl. The Morgan fingerprint density at radius 2 is 1.67 bits per heavy atom. The average molecular weight is 130 g/mol. The predicted octanol–water partition coefficient (Wildman–Crippen LogP) is -0.165. The smallest absolute Gasteiger partial charge is 0.203 e. The van der Waals surface area contributed by atoms with E-state index in [1.165, 1.54) is 0 Å². The summed E-state index contributed by atoms with van der Waals surface area (Å²) in [5.74, 6) is -0.105. The van der Waals surface area contributed by atoms with Crippen LogP contribution in [0.5, 0.6) is 0 Å². The zero-order valence-corrected chi connectivity index (χ0v) is 4.46. The van der Waals surface area contributed by atoms with Crippen LogP contribution >= 0.6 is 24.2 Å². The molecule has 0 bridgehead atoms. The number of guanidine groups is 1. The first kappa shape index (κ1) is 9.28. The molecule has 0 heterocycles. The van der Waals surface area contributed by atoms with Gasteiger partial charge >= 0.3 is 0 Å². The zero-order chi connectivity index (χ0) is 4.28. The molecule has 0 amide bonds. The Bertz CT molecular complexity index is 46.8. The molecule has 6 heavy (non-hydrogen) atoms. The van der Waals surface area contributed by atoms with Crippen LogP contribution in [0.15, 0.2) is 4.51 Å². The normalized spacial score (nSPS) is 5.50. The molecule has 0 spiro atoms. The Morgan fingerprint density at radius 1 is 1.50 bits per heavy atom. The molecule has 4 N–H and O–H groups in total. The number of rotatable bonds is 0. The van der Waals surface area contributed by atoms with Gasteiger partial charge in [-0.15, -0.1) is 16.9 Å². The van der Waals surface area contributed by atoms with Crippen LogP contribution < -0.4 is 11.5 Å². The molecule has 0 atom stereocenters. The lowest BCUT2D eigenvalue weighted by molar-refractivity contribution is 1.53. The van der Waals surface area contributed by atoms with Crippen molar-refractivity contribution in [3.05, 3.63) is 0 Å². The van der Waals surface area contributed by atoms with Gasteiger partial charge in [-0.3, -0.25) is 0 Å². The minimum Gasteiger partial charge on any atom is -0.369 e. The maximum absolute atomic E-state index is 4.69. The lowest BCUT2D eigenvalue weighted by Crippen LogP contribution is -2.21. The van der Waals surface area contributed by atoms with Crippen molar-refractivity contribution in [2.24, 2.45) is 16.0 Å². The van der Waals surface area contributed by atoms with Crippen LogP contribution in [0.2, 0.25) is 0 Å². The lowest BCUT2D eigenvalue weighted by atomic mass is 11.1. The fourth-order valence-electron chi connectivity index (χ4n) is 0. The van der Waals surface area contributed by atoms with Crippen LogP contribution in [0, 0.1) is 0 Å². The average Bonchev–Trinajstić information content (AvgIpc) is 1.38. The molecule has 0 aliphatic heterocycles. The molecule has 0 aromatic carbocycles. The Hall–Kier alpha value is -0.150. The first-order valence-electron chi connectivity index (χ1n) is 0.970. The van der Waals surface area contributed by atoms with E-state index < -0.39 is 0 Å². The number of halogens is 2. The highest BCUT2D eigenvalue weighted by molar-refractivity contribution is 6.19. The van der Waals surface area contributed by atoms with Crippen LogP contribution in [0.25, 0.3) is 0 Å². The van der Waals surface area contributed by atoms with Gasteiger partial charge in [-0.1, -0.05) is 0 Å². The molecule has 0 unspecified atom stereocenters. The van der Waals surface area contributed by atoms with Crippen molar-refractivity contribution >= 4 is 30.1 Å². The molecule has 0 rings (SSSR count). The molecule has 0 aromatic rings. The Balaban J connectivity index is 0. The van der Waals surface area contributed by atoms with Gasteiger partial charge in [0.15, 0.2) is 0 Å². The lowest BCUT2D eigenvalue weighted by Gasteiger charge is -1.74. The summed E-state index contributed by atoms with van der Waals surface area (Å²) in [7, 11) is 0. The standard InChI is InChI=1S/CH4ClN3.ClH/c2-5-1(3)4;/h(H4,3,4,5);1H. The number of nitrogens with two attached hydrogens (primary N) is 2. The van der Waals surface area contributed by atoms with Crippen molar-refractivity contribution < 1.29 is 0 Å². The maximum Gasteiger partial charge on any atom is 0.203 e. The third-order valence-corrected chi connectivity index (χ3v) is 0.293. The van der Waals surface area contributed by atoms with Gasteiger partial charge in [0, 0.05) is 11.8 Å². The van der Waals surface area contributed by atoms with Crippen molar-refractivity contribution in [3.63, 3.8) is 0 Å². The van der Waals surface area contributed by atoms with Gasteiger partial charge in [0.05, 0.1) is 0 Å². The minimum atomic E-state index is -0.105. The van der Waals surface area contributed by atoms with Crippen LogP contribution in [-0.4, -0.2) is 5.96 Å². The fourth-order valence-corrected chi connectivity index (χ4v) is 0. The van der Waals surface area contributed by atoms with Crippen LogP contribution in [0.1, 0.15) is 0 Å². The molecule has 0 aliphatic carbocycles. The second kappa shape index (κ2) is 4.85. The van der Waals surface area contributed by atoms with Crippen molar-refractivity contribution in [2.45, 2.75) is 0 Å². The Kier molecular flexibility index (Phi) is 7.50. The molecule has 0 fully saturated rings. The quantitative estimate of drug-likeness (QED) is 0.353. The maximum atomic E-state index is 4.69. The molecule has 0 aliphatic rings. The minimum absolute atomic E-state index is 0. The van der Waals surface area contributed by atoms with Gasteiger partial charge in [0.2, 0.25) is 5.96 Å². The molecule has 0 saturated heterocycles. The molecular weight excluding hydrogens is 125 g/mol. The van der Waals surface area contributed by atoms with Gasteiger partial charge in [-0.05, 0) is 0 Å². The molecule has 0 saturated carbocycles. The molecule has 38 valence electrons. The summed E-state index contributed by atoms with van der Waals surface area (Å²) in [5, 5.41) is 0. The second-order valence-electron chi connectivity index (χ2n) is 0.509. The van der Waals surface area contributed by atoms with E-state index in [1.54, 1.807) is 0 Å². The van der Waals surface area contributed by atoms with E-state index in [0.717, 1.165) is 0 Å². The van der Waals surface area contributed by atoms with Crippen molar-refractivity contribution in [3.8, 4) is 0 Å². The molecule has 0 aromatic heterocycles. The van der Waals surface area contributed by atoms with Gasteiger partial charge < -0.3 is 11.5 Å². The summed E-state index contributed by atoms with van der Waals surface area (Å²) >= 11 is 4.67. The van der Waals surface area contributed by atoms with E-state index in [2.05, 4.69) is 27.8 Å². The van der Waals surface area contributed by atoms with Gasteiger partial charge in [0.25, 0.3) is 0 Å². The van der Waals surface area contributed by atoms with E-state index in [1.807, 2.05) is 0 Å². The van der Waals surface area contributed by atoms with Crippen molar-refractivity contribution in [1.82, 2.24) is 0 Å². The number of hydrogen-bond donors (Lipinski definition) is 2. The first-order valence-corrected chi connectivity index (χ1v) is 1.31. The summed E-state index contributed by atoms with van der Waals surface area (Å²) in [4.78, 5) is 0. The van der Waals surface area contributed by atoms with Gasteiger partial charge in [-0.2, -0.15) is 0 Å². The summed E-state index contributed by atoms with van der Waals surface area (Å²) < 4.78 is 2.83. The van der Waals surface area contributed by atoms with Gasteiger partial charge in [0.1, 0.15) is 0 Å². The van der Waals surface area contributed by atoms with Crippen molar-refractivity contribution in [2.75, 3.05) is 0 Å². The summed E-state index contributed by atoms with van der Waals surface area (Å²) in [6.07, 6.45) is 0. The first-order chi connectivity index (χ1) is 2.27. The summed E-state index contributed by atoms with van der Waals surface area (Å²) in [5.41, 5.74) is 9.38. The largest absolute Gasteiger partial charge is 0.369 e. The van der Waals surface area contributed by atoms with Crippen LogP contribution in [-0.2, 0) is 0 Å². The molecule has 3 nitrogen and oxygen atoms in total. The van der Waals surface area contributed by atoms with Crippen LogP contribution in [0.3, 0.4) is 0 Å². The fraction of sp³-hybridized carbons (Fsp3) is 0. The van der Waals surface area contributed by atoms with Crippen LogP contribution in [0.4, 0.5) is 0 Å². The van der Waals surface area contributed by atoms with E-state index >= 15 is 0 Å². The van der Waals surface area contributed by atoms with E-state index in [-0.39, 0.29) is 18.4 Å². The molecular formula is CH5Cl2N3. The molecule has 0 radical (unpaired) electrons. The van der Waals surface area contributed by atoms with E-state index in [0.29, 0.717) is 0 Å². The van der Waals surface area contributed by atoms with E-state index in [9.17, 15) is 0 Å². The van der Waals surface area contributed by atoms with Gasteiger partial charge in [-0.25, -0.2) is 0 Å². The second-order valence-corrected chi connectivity index (χ2v) is 0.678. The van der Waals surface area contributed by atoms with E-state index in [4.69, 9.17) is 0 Å². The predicted molar refractivity (Wildman–Crippen MR) is 28.9 cm³/mol. The Morgan fingerprint density at radius 3 is 1.67 bits per heavy atom. The highest BCUT2D eigenvalue weighted by Crippen LogP contribution is 1.65. The topological polar surface area (TPSA) is 64.4 Å². The zero-order valence-electron chi connectivity index (χ0n) is 2.89. The molecule has 5 heteroatoms. The highest BCUT2D eigenvalue weighted by atomic mass is 35.5. The summed E-state index contributed by atoms with van der Waals surface area (Å²) in [6, 6.07) is 0. The Labute approximate surface area is 46.9 Å². The third-order valence-electron chi connectivity index (χ3n) is 0.0976. The van der Waals surface area contributed by atoms with Crippen molar-refractivity contribution in [1.29, 1.82) is 0 Å². The number of hydrogen-bond acceptors (Lipinski definition) is 1. The summed E-state index contributed by atoms with van der Waals surface area (Å²) in [6.45, 7) is 0.